The molecule has 10 nitrogen and oxygen atoms in total. The maximum atomic E-state index is 5.75. The number of pyridine rings is 1. The highest BCUT2D eigenvalue weighted by atomic mass is 16.7. The molecule has 1 N–H and O–H groups in total. The molecule has 0 bridgehead atoms. The molecule has 0 spiro atoms. The molecule has 0 aliphatic heterocycles. The summed E-state index contributed by atoms with van der Waals surface area (Å²) in [6.07, 6.45) is 6.38. The second-order valence-electron chi connectivity index (χ2n) is 8.37. The summed E-state index contributed by atoms with van der Waals surface area (Å²) in [6, 6.07) is 12.0. The van der Waals surface area contributed by atoms with Crippen LogP contribution in [0.3, 0.4) is 0 Å². The van der Waals surface area contributed by atoms with Crippen molar-refractivity contribution in [3.8, 4) is 22.6 Å². The van der Waals surface area contributed by atoms with Gasteiger partial charge in [-0.3, -0.25) is 4.98 Å². The van der Waals surface area contributed by atoms with Gasteiger partial charge in [0.1, 0.15) is 5.82 Å². The van der Waals surface area contributed by atoms with Crippen LogP contribution in [0.1, 0.15) is 56.7 Å². The second kappa shape index (κ2) is 11.3. The molecule has 0 radical (unpaired) electrons. The maximum Gasteiger partial charge on any atom is 0.231 e. The molecule has 0 saturated carbocycles. The standard InChI is InChI=1S/C25H32N8O2/c1-5-7-12-22-27-24(25(34-3,35-4)15-6-2)30-33(22)17-18-13-14-21(26-16-18)19-10-8-9-11-20(19)23-28-31-32-29-23/h8-11,13-14,16H,5-7,12,15,17H2,1-4H3,(H,28,29,31,32). The van der Waals surface area contributed by atoms with Crippen LogP contribution in [0.15, 0.2) is 42.6 Å². The third-order valence-electron chi connectivity index (χ3n) is 6.04. The average Bonchev–Trinajstić information content (AvgIpc) is 3.57. The van der Waals surface area contributed by atoms with Crippen LogP contribution in [0.4, 0.5) is 0 Å². The molecule has 0 aliphatic carbocycles. The van der Waals surface area contributed by atoms with E-state index < -0.39 is 5.79 Å². The maximum absolute atomic E-state index is 5.75. The minimum absolute atomic E-state index is 0.558. The van der Waals surface area contributed by atoms with Crippen molar-refractivity contribution in [2.75, 3.05) is 14.2 Å². The SMILES string of the molecule is CCCCc1nc(C(CCC)(OC)OC)nn1Cc1ccc(-c2ccccc2-c2nnn[nH]2)nc1. The van der Waals surface area contributed by atoms with E-state index in [9.17, 15) is 0 Å². The smallest absolute Gasteiger partial charge is 0.231 e. The van der Waals surface area contributed by atoms with Crippen molar-refractivity contribution in [1.82, 2.24) is 40.4 Å². The van der Waals surface area contributed by atoms with Gasteiger partial charge in [0.05, 0.1) is 12.2 Å². The summed E-state index contributed by atoms with van der Waals surface area (Å²) >= 11 is 0. The summed E-state index contributed by atoms with van der Waals surface area (Å²) in [5, 5.41) is 19.1. The molecule has 184 valence electrons. The number of tetrazole rings is 1. The van der Waals surface area contributed by atoms with Crippen LogP contribution in [-0.2, 0) is 28.2 Å². The molecule has 0 saturated heterocycles. The quantitative estimate of drug-likeness (QED) is 0.303. The van der Waals surface area contributed by atoms with Gasteiger partial charge in [-0.1, -0.05) is 57.0 Å². The van der Waals surface area contributed by atoms with Gasteiger partial charge in [-0.2, -0.15) is 0 Å². The number of aromatic amines is 1. The highest BCUT2D eigenvalue weighted by Gasteiger charge is 2.36. The van der Waals surface area contributed by atoms with Gasteiger partial charge in [0.25, 0.3) is 0 Å². The first-order valence-electron chi connectivity index (χ1n) is 12.0. The first-order chi connectivity index (χ1) is 17.1. The normalized spacial score (nSPS) is 11.8. The van der Waals surface area contributed by atoms with E-state index in [1.165, 1.54) is 0 Å². The van der Waals surface area contributed by atoms with Gasteiger partial charge in [-0.05, 0) is 28.5 Å². The van der Waals surface area contributed by atoms with Crippen molar-refractivity contribution < 1.29 is 9.47 Å². The van der Waals surface area contributed by atoms with Gasteiger partial charge in [0.2, 0.25) is 11.6 Å². The minimum atomic E-state index is -0.942. The van der Waals surface area contributed by atoms with E-state index in [1.807, 2.05) is 41.2 Å². The highest BCUT2D eigenvalue weighted by molar-refractivity contribution is 5.78. The van der Waals surface area contributed by atoms with Crippen LogP contribution in [0.2, 0.25) is 0 Å². The monoisotopic (exact) mass is 476 g/mol. The lowest BCUT2D eigenvalue weighted by atomic mass is 10.0. The highest BCUT2D eigenvalue weighted by Crippen LogP contribution is 2.30. The van der Waals surface area contributed by atoms with Crippen LogP contribution < -0.4 is 0 Å². The molecule has 3 heterocycles. The number of benzene rings is 1. The van der Waals surface area contributed by atoms with Gasteiger partial charge in [-0.25, -0.2) is 14.8 Å². The van der Waals surface area contributed by atoms with Gasteiger partial charge < -0.3 is 9.47 Å². The lowest BCUT2D eigenvalue weighted by Crippen LogP contribution is -2.32. The molecule has 1 aromatic carbocycles. The Bertz CT molecular complexity index is 1200. The zero-order chi connectivity index (χ0) is 24.7. The fourth-order valence-corrected chi connectivity index (χ4v) is 4.13. The predicted molar refractivity (Wildman–Crippen MR) is 131 cm³/mol. The predicted octanol–water partition coefficient (Wildman–Crippen LogP) is 4.16. The molecular formula is C25H32N8O2. The van der Waals surface area contributed by atoms with E-state index >= 15 is 0 Å². The summed E-state index contributed by atoms with van der Waals surface area (Å²) in [5.74, 6) is 1.15. The Labute approximate surface area is 205 Å². The van der Waals surface area contributed by atoms with Crippen molar-refractivity contribution in [3.63, 3.8) is 0 Å². The Morgan fingerprint density at radius 1 is 1.00 bits per heavy atom. The first-order valence-corrected chi connectivity index (χ1v) is 12.0. The number of rotatable bonds is 12. The summed E-state index contributed by atoms with van der Waals surface area (Å²) in [6.45, 7) is 4.82. The summed E-state index contributed by atoms with van der Waals surface area (Å²) in [7, 11) is 3.28. The third kappa shape index (κ3) is 5.28. The zero-order valence-corrected chi connectivity index (χ0v) is 20.7. The fraction of sp³-hybridized carbons (Fsp3) is 0.440. The van der Waals surface area contributed by atoms with Crippen molar-refractivity contribution in [2.24, 2.45) is 0 Å². The largest absolute Gasteiger partial charge is 0.347 e. The van der Waals surface area contributed by atoms with Crippen molar-refractivity contribution in [1.29, 1.82) is 0 Å². The van der Waals surface area contributed by atoms with E-state index in [1.54, 1.807) is 14.2 Å². The number of ether oxygens (including phenoxy) is 2. The Morgan fingerprint density at radius 3 is 2.43 bits per heavy atom. The molecule has 4 rings (SSSR count). The molecule has 35 heavy (non-hydrogen) atoms. The molecule has 0 amide bonds. The Balaban J connectivity index is 1.62. The molecule has 0 aliphatic rings. The van der Waals surface area contributed by atoms with E-state index in [2.05, 4.69) is 40.5 Å². The minimum Gasteiger partial charge on any atom is -0.347 e. The third-order valence-corrected chi connectivity index (χ3v) is 6.04. The number of nitrogens with zero attached hydrogens (tertiary/aromatic N) is 7. The van der Waals surface area contributed by atoms with Crippen molar-refractivity contribution >= 4 is 0 Å². The Hall–Kier alpha value is -3.50. The summed E-state index contributed by atoms with van der Waals surface area (Å²) < 4.78 is 13.5. The number of aromatic nitrogens is 8. The molecule has 3 aromatic heterocycles. The van der Waals surface area contributed by atoms with Gasteiger partial charge in [0.15, 0.2) is 5.82 Å². The van der Waals surface area contributed by atoms with Crippen molar-refractivity contribution in [2.45, 2.75) is 58.3 Å². The van der Waals surface area contributed by atoms with Gasteiger partial charge in [0, 0.05) is 44.4 Å². The van der Waals surface area contributed by atoms with Crippen LogP contribution in [0.5, 0.6) is 0 Å². The van der Waals surface area contributed by atoms with Crippen LogP contribution in [-0.4, -0.2) is 54.6 Å². The fourth-order valence-electron chi connectivity index (χ4n) is 4.13. The van der Waals surface area contributed by atoms with E-state index in [-0.39, 0.29) is 0 Å². The lowest BCUT2D eigenvalue weighted by Gasteiger charge is -2.27. The Morgan fingerprint density at radius 2 is 1.80 bits per heavy atom. The molecule has 4 aromatic rings. The van der Waals surface area contributed by atoms with E-state index in [0.29, 0.717) is 24.6 Å². The molecule has 0 atom stereocenters. The molecule has 10 heteroatoms. The topological polar surface area (TPSA) is 117 Å². The van der Waals surface area contributed by atoms with Crippen LogP contribution in [0.25, 0.3) is 22.6 Å². The number of aryl methyl sites for hydroxylation is 1. The molecular weight excluding hydrogens is 444 g/mol. The van der Waals surface area contributed by atoms with E-state index in [0.717, 1.165) is 53.9 Å². The summed E-state index contributed by atoms with van der Waals surface area (Å²) in [5.41, 5.74) is 3.71. The number of nitrogens with one attached hydrogen (secondary N) is 1. The van der Waals surface area contributed by atoms with Gasteiger partial charge >= 0.3 is 0 Å². The second-order valence-corrected chi connectivity index (χ2v) is 8.37. The molecule has 0 fully saturated rings. The van der Waals surface area contributed by atoms with Crippen molar-refractivity contribution in [3.05, 3.63) is 59.8 Å². The van der Waals surface area contributed by atoms with Crippen LogP contribution in [0, 0.1) is 0 Å². The summed E-state index contributed by atoms with van der Waals surface area (Å²) in [4.78, 5) is 9.57. The zero-order valence-electron chi connectivity index (χ0n) is 20.7. The van der Waals surface area contributed by atoms with Gasteiger partial charge in [-0.15, -0.1) is 10.2 Å². The Kier molecular flexibility index (Phi) is 7.94. The van der Waals surface area contributed by atoms with E-state index in [4.69, 9.17) is 24.5 Å². The number of hydrogen-bond acceptors (Lipinski definition) is 8. The number of hydrogen-bond donors (Lipinski definition) is 1. The number of methoxy groups -OCH3 is 2. The number of unbranched alkanes of at least 4 members (excludes halogenated alkanes) is 1. The molecule has 0 unspecified atom stereocenters. The number of H-pyrrole nitrogens is 1. The van der Waals surface area contributed by atoms with Crippen LogP contribution >= 0.6 is 0 Å². The lowest BCUT2D eigenvalue weighted by molar-refractivity contribution is -0.225. The average molecular weight is 477 g/mol. The first kappa shape index (κ1) is 24.6.